The molecule has 0 spiro atoms. The van der Waals surface area contributed by atoms with Crippen LogP contribution in [0.3, 0.4) is 0 Å². The Bertz CT molecular complexity index is 803. The Morgan fingerprint density at radius 1 is 1.17 bits per heavy atom. The molecule has 6 heteroatoms. The van der Waals surface area contributed by atoms with E-state index in [2.05, 4.69) is 26.1 Å². The maximum absolute atomic E-state index is 5.78. The average molecular weight is 308 g/mol. The van der Waals surface area contributed by atoms with Crippen LogP contribution in [0.2, 0.25) is 0 Å². The molecule has 1 aliphatic rings. The van der Waals surface area contributed by atoms with Crippen molar-refractivity contribution in [2.24, 2.45) is 11.7 Å². The van der Waals surface area contributed by atoms with Crippen LogP contribution in [0.15, 0.2) is 36.5 Å². The molecule has 0 atom stereocenters. The molecule has 3 N–H and O–H groups in total. The Morgan fingerprint density at radius 3 is 2.87 bits per heavy atom. The molecule has 0 aromatic carbocycles. The molecule has 3 aromatic heterocycles. The number of piperidine rings is 1. The van der Waals surface area contributed by atoms with Crippen LogP contribution in [0.5, 0.6) is 0 Å². The van der Waals surface area contributed by atoms with E-state index in [1.807, 2.05) is 24.3 Å². The Kier molecular flexibility index (Phi) is 3.67. The van der Waals surface area contributed by atoms with Crippen molar-refractivity contribution >= 4 is 16.9 Å². The zero-order chi connectivity index (χ0) is 15.6. The van der Waals surface area contributed by atoms with E-state index in [9.17, 15) is 0 Å². The van der Waals surface area contributed by atoms with Crippen LogP contribution >= 0.6 is 0 Å². The highest BCUT2D eigenvalue weighted by molar-refractivity contribution is 5.89. The van der Waals surface area contributed by atoms with Gasteiger partial charge in [-0.05, 0) is 49.6 Å². The van der Waals surface area contributed by atoms with Gasteiger partial charge >= 0.3 is 0 Å². The van der Waals surface area contributed by atoms with Gasteiger partial charge in [0.1, 0.15) is 11.5 Å². The number of hydrogen-bond donors (Lipinski definition) is 2. The van der Waals surface area contributed by atoms with Gasteiger partial charge in [0.25, 0.3) is 0 Å². The molecule has 0 bridgehead atoms. The van der Waals surface area contributed by atoms with E-state index in [1.165, 1.54) is 0 Å². The predicted octanol–water partition coefficient (Wildman–Crippen LogP) is 2.20. The van der Waals surface area contributed by atoms with Crippen molar-refractivity contribution in [2.45, 2.75) is 12.8 Å². The second-order valence-corrected chi connectivity index (χ2v) is 6.02. The van der Waals surface area contributed by atoms with Crippen LogP contribution in [0.25, 0.3) is 22.4 Å². The highest BCUT2D eigenvalue weighted by atomic mass is 15.2. The molecule has 4 heterocycles. The summed E-state index contributed by atoms with van der Waals surface area (Å²) in [5.74, 6) is 1.66. The lowest BCUT2D eigenvalue weighted by Gasteiger charge is -2.32. The number of anilines is 1. The molecule has 4 rings (SSSR count). The van der Waals surface area contributed by atoms with Gasteiger partial charge < -0.3 is 10.6 Å². The van der Waals surface area contributed by atoms with Crippen LogP contribution < -0.4 is 10.6 Å². The maximum Gasteiger partial charge on any atom is 0.155 e. The van der Waals surface area contributed by atoms with E-state index < -0.39 is 0 Å². The van der Waals surface area contributed by atoms with E-state index in [4.69, 9.17) is 10.7 Å². The summed E-state index contributed by atoms with van der Waals surface area (Å²) in [7, 11) is 0. The first-order valence-corrected chi connectivity index (χ1v) is 8.06. The largest absolute Gasteiger partial charge is 0.357 e. The van der Waals surface area contributed by atoms with Crippen molar-refractivity contribution < 1.29 is 0 Å². The third-order valence-electron chi connectivity index (χ3n) is 4.59. The van der Waals surface area contributed by atoms with Gasteiger partial charge in [0.15, 0.2) is 5.65 Å². The van der Waals surface area contributed by atoms with Gasteiger partial charge in [-0.3, -0.25) is 5.10 Å². The van der Waals surface area contributed by atoms with E-state index in [-0.39, 0.29) is 0 Å². The first kappa shape index (κ1) is 14.1. The first-order valence-electron chi connectivity index (χ1n) is 8.06. The number of nitrogens with two attached hydrogens (primary N) is 1. The minimum Gasteiger partial charge on any atom is -0.357 e. The van der Waals surface area contributed by atoms with E-state index >= 15 is 0 Å². The highest BCUT2D eigenvalue weighted by Gasteiger charge is 2.19. The Morgan fingerprint density at radius 2 is 2.04 bits per heavy atom. The molecule has 1 fully saturated rings. The molecule has 1 aliphatic heterocycles. The van der Waals surface area contributed by atoms with Gasteiger partial charge in [-0.2, -0.15) is 5.10 Å². The lowest BCUT2D eigenvalue weighted by Crippen LogP contribution is -2.36. The molecule has 3 aromatic rings. The van der Waals surface area contributed by atoms with Crippen LogP contribution in [-0.4, -0.2) is 39.8 Å². The molecule has 23 heavy (non-hydrogen) atoms. The van der Waals surface area contributed by atoms with E-state index in [0.29, 0.717) is 5.92 Å². The fraction of sp³-hybridized carbons (Fsp3) is 0.353. The first-order chi connectivity index (χ1) is 11.3. The third-order valence-corrected chi connectivity index (χ3v) is 4.59. The van der Waals surface area contributed by atoms with Crippen molar-refractivity contribution in [1.82, 2.24) is 20.2 Å². The van der Waals surface area contributed by atoms with Crippen molar-refractivity contribution in [3.63, 3.8) is 0 Å². The summed E-state index contributed by atoms with van der Waals surface area (Å²) in [6.45, 7) is 2.82. The van der Waals surface area contributed by atoms with E-state index in [1.54, 1.807) is 6.20 Å². The Labute approximate surface area is 134 Å². The number of fused-ring (bicyclic) bond motifs is 1. The molecule has 0 amide bonds. The fourth-order valence-corrected chi connectivity index (χ4v) is 3.18. The van der Waals surface area contributed by atoms with E-state index in [0.717, 1.165) is 60.7 Å². The Hall–Kier alpha value is -2.47. The van der Waals surface area contributed by atoms with Crippen molar-refractivity contribution in [1.29, 1.82) is 0 Å². The quantitative estimate of drug-likeness (QED) is 0.775. The maximum atomic E-state index is 5.78. The number of hydrogen-bond acceptors (Lipinski definition) is 5. The van der Waals surface area contributed by atoms with Gasteiger partial charge in [-0.15, -0.1) is 0 Å². The van der Waals surface area contributed by atoms with Gasteiger partial charge in [0, 0.05) is 24.7 Å². The molecule has 0 unspecified atom stereocenters. The number of rotatable bonds is 3. The lowest BCUT2D eigenvalue weighted by atomic mass is 9.97. The molecule has 0 saturated carbocycles. The van der Waals surface area contributed by atoms with Crippen LogP contribution in [-0.2, 0) is 0 Å². The van der Waals surface area contributed by atoms with Gasteiger partial charge in [0.2, 0.25) is 0 Å². The second kappa shape index (κ2) is 5.96. The number of aromatic amines is 1. The van der Waals surface area contributed by atoms with Gasteiger partial charge in [-0.1, -0.05) is 6.07 Å². The summed E-state index contributed by atoms with van der Waals surface area (Å²) >= 11 is 0. The van der Waals surface area contributed by atoms with Gasteiger partial charge in [-0.25, -0.2) is 9.97 Å². The number of aromatic nitrogens is 4. The van der Waals surface area contributed by atoms with Crippen LogP contribution in [0.4, 0.5) is 5.82 Å². The standard InChI is InChI=1S/C17H20N6/c18-11-12-6-9-23(10-7-12)15-5-1-4-14(20-15)16-13-3-2-8-19-17(13)22-21-16/h1-5,8,12H,6-7,9-11,18H2,(H,19,21,22). The van der Waals surface area contributed by atoms with Gasteiger partial charge in [0.05, 0.1) is 5.69 Å². The SMILES string of the molecule is NCC1CCN(c2cccc(-c3n[nH]c4ncccc34)n2)CC1. The zero-order valence-electron chi connectivity index (χ0n) is 12.9. The summed E-state index contributed by atoms with van der Waals surface area (Å²) in [6.07, 6.45) is 4.03. The average Bonchev–Trinajstić information content (AvgIpc) is 3.06. The monoisotopic (exact) mass is 308 g/mol. The minimum absolute atomic E-state index is 0.649. The molecular formula is C17H20N6. The number of pyridine rings is 2. The smallest absolute Gasteiger partial charge is 0.155 e. The topological polar surface area (TPSA) is 83.7 Å². The van der Waals surface area contributed by atoms with Crippen LogP contribution in [0.1, 0.15) is 12.8 Å². The van der Waals surface area contributed by atoms with Crippen molar-refractivity contribution in [3.8, 4) is 11.4 Å². The Balaban J connectivity index is 1.64. The predicted molar refractivity (Wildman–Crippen MR) is 91.1 cm³/mol. The zero-order valence-corrected chi connectivity index (χ0v) is 12.9. The van der Waals surface area contributed by atoms with Crippen LogP contribution in [0, 0.1) is 5.92 Å². The molecule has 0 radical (unpaired) electrons. The second-order valence-electron chi connectivity index (χ2n) is 6.02. The molecular weight excluding hydrogens is 288 g/mol. The summed E-state index contributed by atoms with van der Waals surface area (Å²) in [5.41, 5.74) is 8.30. The molecule has 118 valence electrons. The third kappa shape index (κ3) is 2.66. The fourth-order valence-electron chi connectivity index (χ4n) is 3.18. The normalized spacial score (nSPS) is 16.1. The van der Waals surface area contributed by atoms with Crippen molar-refractivity contribution in [3.05, 3.63) is 36.5 Å². The summed E-state index contributed by atoms with van der Waals surface area (Å²) in [4.78, 5) is 11.4. The summed E-state index contributed by atoms with van der Waals surface area (Å²) in [6, 6.07) is 10.0. The lowest BCUT2D eigenvalue weighted by molar-refractivity contribution is 0.413. The highest BCUT2D eigenvalue weighted by Crippen LogP contribution is 2.27. The molecule has 0 aliphatic carbocycles. The molecule has 6 nitrogen and oxygen atoms in total. The number of nitrogens with one attached hydrogen (secondary N) is 1. The van der Waals surface area contributed by atoms with Crippen molar-refractivity contribution in [2.75, 3.05) is 24.5 Å². The minimum atomic E-state index is 0.649. The summed E-state index contributed by atoms with van der Waals surface area (Å²) < 4.78 is 0. The molecule has 1 saturated heterocycles. The number of H-pyrrole nitrogens is 1. The summed E-state index contributed by atoms with van der Waals surface area (Å²) in [5, 5.41) is 8.36. The number of nitrogens with zero attached hydrogens (tertiary/aromatic N) is 4.